The quantitative estimate of drug-likeness (QED) is 0.803. The molecule has 1 aliphatic rings. The summed E-state index contributed by atoms with van der Waals surface area (Å²) in [5.74, 6) is 1.01. The van der Waals surface area contributed by atoms with Crippen molar-refractivity contribution in [3.63, 3.8) is 0 Å². The second-order valence-corrected chi connectivity index (χ2v) is 5.40. The largest absolute Gasteiger partial charge is 0.490 e. The Hall–Kier alpha value is -1.06. The number of aliphatic hydroxyl groups is 1. The minimum absolute atomic E-state index is 0.244. The van der Waals surface area contributed by atoms with Gasteiger partial charge in [0.2, 0.25) is 0 Å². The molecule has 1 saturated heterocycles. The highest BCUT2D eigenvalue weighted by Gasteiger charge is 2.24. The van der Waals surface area contributed by atoms with Crippen LogP contribution in [0.1, 0.15) is 34.2 Å². The Morgan fingerprint density at radius 2 is 1.68 bits per heavy atom. The maximum Gasteiger partial charge on any atom is 0.125 e. The molecule has 1 N–H and O–H groups in total. The first-order valence-corrected chi connectivity index (χ1v) is 7.00. The van der Waals surface area contributed by atoms with Crippen LogP contribution in [0.5, 0.6) is 5.75 Å². The van der Waals surface area contributed by atoms with E-state index in [1.165, 1.54) is 27.8 Å². The van der Waals surface area contributed by atoms with Gasteiger partial charge in [0.1, 0.15) is 18.5 Å². The van der Waals surface area contributed by atoms with Crippen LogP contribution in [-0.2, 0) is 11.2 Å². The Balaban J connectivity index is 2.28. The zero-order chi connectivity index (χ0) is 14.0. The minimum Gasteiger partial charge on any atom is -0.490 e. The topological polar surface area (TPSA) is 42.0 Å². The summed E-state index contributed by atoms with van der Waals surface area (Å²) in [6, 6.07) is 0. The van der Waals surface area contributed by atoms with Crippen LogP contribution in [-0.4, -0.2) is 31.0 Å². The molecule has 1 aromatic carbocycles. The van der Waals surface area contributed by atoms with E-state index in [0.29, 0.717) is 6.61 Å². The van der Waals surface area contributed by atoms with Crippen molar-refractivity contribution in [2.45, 2.75) is 46.6 Å². The molecular weight excluding hydrogens is 240 g/mol. The maximum absolute atomic E-state index is 9.02. The molecule has 3 heteroatoms. The number of benzene rings is 1. The van der Waals surface area contributed by atoms with Crippen LogP contribution < -0.4 is 4.74 Å². The van der Waals surface area contributed by atoms with E-state index in [0.717, 1.165) is 25.2 Å². The molecule has 1 atom stereocenters. The summed E-state index contributed by atoms with van der Waals surface area (Å²) in [5.41, 5.74) is 6.39. The van der Waals surface area contributed by atoms with E-state index >= 15 is 0 Å². The molecule has 0 aromatic heterocycles. The van der Waals surface area contributed by atoms with Gasteiger partial charge in [-0.3, -0.25) is 0 Å². The van der Waals surface area contributed by atoms with Crippen molar-refractivity contribution in [3.05, 3.63) is 27.8 Å². The molecule has 1 aromatic rings. The maximum atomic E-state index is 9.02. The molecular formula is C16H24O3. The molecule has 0 radical (unpaired) electrons. The smallest absolute Gasteiger partial charge is 0.125 e. The van der Waals surface area contributed by atoms with Crippen molar-refractivity contribution in [2.75, 3.05) is 19.8 Å². The highest BCUT2D eigenvalue weighted by Crippen LogP contribution is 2.33. The Labute approximate surface area is 115 Å². The minimum atomic E-state index is 0.244. The lowest BCUT2D eigenvalue weighted by Gasteiger charge is -2.20. The van der Waals surface area contributed by atoms with Gasteiger partial charge in [-0.05, 0) is 68.4 Å². The lowest BCUT2D eigenvalue weighted by atomic mass is 9.90. The summed E-state index contributed by atoms with van der Waals surface area (Å²) in [5, 5.41) is 9.02. The van der Waals surface area contributed by atoms with E-state index in [1.54, 1.807) is 0 Å². The fourth-order valence-corrected chi connectivity index (χ4v) is 2.54. The number of hydrogen-bond donors (Lipinski definition) is 1. The lowest BCUT2D eigenvalue weighted by Crippen LogP contribution is -2.10. The number of ether oxygens (including phenoxy) is 2. The predicted molar refractivity (Wildman–Crippen MR) is 76.0 cm³/mol. The van der Waals surface area contributed by atoms with Gasteiger partial charge >= 0.3 is 0 Å². The monoisotopic (exact) mass is 264 g/mol. The van der Waals surface area contributed by atoms with Gasteiger partial charge < -0.3 is 14.6 Å². The summed E-state index contributed by atoms with van der Waals surface area (Å²) < 4.78 is 11.1. The standard InChI is InChI=1S/C16H24O3/c1-10-12(3)16(19-9-14-8-18-14)13(4)11(2)15(10)6-5-7-17/h14,17H,5-9H2,1-4H3. The Morgan fingerprint density at radius 1 is 1.11 bits per heavy atom. The first-order chi connectivity index (χ1) is 9.06. The molecule has 19 heavy (non-hydrogen) atoms. The molecule has 0 aliphatic carbocycles. The molecule has 1 fully saturated rings. The molecule has 3 nitrogen and oxygen atoms in total. The highest BCUT2D eigenvalue weighted by atomic mass is 16.6. The Morgan fingerprint density at radius 3 is 2.16 bits per heavy atom. The van der Waals surface area contributed by atoms with Crippen LogP contribution in [0.2, 0.25) is 0 Å². The van der Waals surface area contributed by atoms with E-state index in [4.69, 9.17) is 14.6 Å². The van der Waals surface area contributed by atoms with E-state index < -0.39 is 0 Å². The third-order valence-electron chi connectivity index (χ3n) is 4.11. The number of epoxide rings is 1. The van der Waals surface area contributed by atoms with Crippen molar-refractivity contribution < 1.29 is 14.6 Å². The van der Waals surface area contributed by atoms with E-state index in [-0.39, 0.29) is 12.7 Å². The molecule has 0 saturated carbocycles. The molecule has 0 spiro atoms. The van der Waals surface area contributed by atoms with Crippen LogP contribution >= 0.6 is 0 Å². The van der Waals surface area contributed by atoms with E-state index in [2.05, 4.69) is 27.7 Å². The molecule has 2 rings (SSSR count). The number of rotatable bonds is 6. The molecule has 0 amide bonds. The first-order valence-electron chi connectivity index (χ1n) is 7.00. The molecule has 0 bridgehead atoms. The Bertz CT molecular complexity index is 433. The third-order valence-corrected chi connectivity index (χ3v) is 4.11. The number of aliphatic hydroxyl groups excluding tert-OH is 1. The predicted octanol–water partition coefficient (Wildman–Crippen LogP) is 2.62. The summed E-state index contributed by atoms with van der Waals surface area (Å²) in [6.07, 6.45) is 2.03. The van der Waals surface area contributed by atoms with Gasteiger partial charge in [0, 0.05) is 6.61 Å². The van der Waals surface area contributed by atoms with E-state index in [1.807, 2.05) is 0 Å². The second kappa shape index (κ2) is 5.93. The van der Waals surface area contributed by atoms with Crippen LogP contribution in [0.15, 0.2) is 0 Å². The van der Waals surface area contributed by atoms with Crippen molar-refractivity contribution in [3.8, 4) is 5.75 Å². The second-order valence-electron chi connectivity index (χ2n) is 5.40. The average molecular weight is 264 g/mol. The SMILES string of the molecule is Cc1c(C)c(OCC2CO2)c(C)c(C)c1CCCO. The van der Waals surface area contributed by atoms with E-state index in [9.17, 15) is 0 Å². The van der Waals surface area contributed by atoms with Gasteiger partial charge in [0.25, 0.3) is 0 Å². The normalized spacial score (nSPS) is 17.6. The average Bonchev–Trinajstić information content (AvgIpc) is 3.21. The fraction of sp³-hybridized carbons (Fsp3) is 0.625. The summed E-state index contributed by atoms with van der Waals surface area (Å²) >= 11 is 0. The van der Waals surface area contributed by atoms with Crippen molar-refractivity contribution >= 4 is 0 Å². The summed E-state index contributed by atoms with van der Waals surface area (Å²) in [6.45, 7) is 10.2. The lowest BCUT2D eigenvalue weighted by molar-refractivity contribution is 0.260. The van der Waals surface area contributed by atoms with Gasteiger partial charge in [0.15, 0.2) is 0 Å². The van der Waals surface area contributed by atoms with Gasteiger partial charge in [-0.15, -0.1) is 0 Å². The number of hydrogen-bond acceptors (Lipinski definition) is 3. The summed E-state index contributed by atoms with van der Waals surface area (Å²) in [4.78, 5) is 0. The van der Waals surface area contributed by atoms with Gasteiger partial charge in [-0.2, -0.15) is 0 Å². The summed E-state index contributed by atoms with van der Waals surface area (Å²) in [7, 11) is 0. The molecule has 1 heterocycles. The highest BCUT2D eigenvalue weighted by molar-refractivity contribution is 5.54. The Kier molecular flexibility index (Phi) is 4.48. The zero-order valence-corrected chi connectivity index (χ0v) is 12.4. The van der Waals surface area contributed by atoms with Crippen LogP contribution in [0.3, 0.4) is 0 Å². The van der Waals surface area contributed by atoms with Crippen molar-refractivity contribution in [1.29, 1.82) is 0 Å². The molecule has 1 unspecified atom stereocenters. The van der Waals surface area contributed by atoms with Crippen LogP contribution in [0.4, 0.5) is 0 Å². The zero-order valence-electron chi connectivity index (χ0n) is 12.4. The molecule has 1 aliphatic heterocycles. The van der Waals surface area contributed by atoms with Crippen LogP contribution in [0.25, 0.3) is 0 Å². The molecule has 106 valence electrons. The van der Waals surface area contributed by atoms with Crippen molar-refractivity contribution in [2.24, 2.45) is 0 Å². The van der Waals surface area contributed by atoms with Crippen LogP contribution in [0, 0.1) is 27.7 Å². The van der Waals surface area contributed by atoms with Crippen molar-refractivity contribution in [1.82, 2.24) is 0 Å². The van der Waals surface area contributed by atoms with Gasteiger partial charge in [-0.25, -0.2) is 0 Å². The van der Waals surface area contributed by atoms with Gasteiger partial charge in [-0.1, -0.05) is 0 Å². The fourth-order valence-electron chi connectivity index (χ4n) is 2.54. The van der Waals surface area contributed by atoms with Gasteiger partial charge in [0.05, 0.1) is 6.61 Å². The first kappa shape index (κ1) is 14.4. The third kappa shape index (κ3) is 3.10.